The van der Waals surface area contributed by atoms with Gasteiger partial charge in [-0.3, -0.25) is 9.59 Å². The lowest BCUT2D eigenvalue weighted by Gasteiger charge is -2.16. The van der Waals surface area contributed by atoms with Gasteiger partial charge in [-0.2, -0.15) is 5.10 Å². The van der Waals surface area contributed by atoms with Crippen molar-refractivity contribution in [2.45, 2.75) is 39.2 Å². The topological polar surface area (TPSA) is 110 Å². The smallest absolute Gasteiger partial charge is 0.320 e. The number of aliphatic carboxylic acids is 1. The number of aryl methyl sites for hydroxylation is 1. The standard InChI is InChI=1S/C25H29FN4O3/c1-16(2)13-22(25(32)33)28-12-4-6-17-5-3-7-18(14-17)23(31)21-15-29-30(24(21)27)20-10-8-19(26)9-11-20/h3,5,7-11,14-16,22,28H,4,6,12-13,27H2,1-2H3,(H,32,33)/t22-/m0/s1. The van der Waals surface area contributed by atoms with Crippen LogP contribution in [0.1, 0.15) is 48.2 Å². The lowest BCUT2D eigenvalue weighted by Crippen LogP contribution is -2.38. The third-order valence-electron chi connectivity index (χ3n) is 5.35. The fourth-order valence-electron chi connectivity index (χ4n) is 3.66. The van der Waals surface area contributed by atoms with Crippen molar-refractivity contribution < 1.29 is 19.1 Å². The summed E-state index contributed by atoms with van der Waals surface area (Å²) in [6.45, 7) is 4.56. The third-order valence-corrected chi connectivity index (χ3v) is 5.35. The Kier molecular flexibility index (Phi) is 7.95. The Morgan fingerprint density at radius 1 is 1.18 bits per heavy atom. The molecule has 0 unspecified atom stereocenters. The molecule has 1 atom stereocenters. The molecule has 0 radical (unpaired) electrons. The van der Waals surface area contributed by atoms with Gasteiger partial charge in [0.2, 0.25) is 0 Å². The largest absolute Gasteiger partial charge is 0.480 e. The molecular weight excluding hydrogens is 423 g/mol. The molecule has 0 aliphatic rings. The van der Waals surface area contributed by atoms with E-state index in [-0.39, 0.29) is 23.0 Å². The van der Waals surface area contributed by atoms with Crippen LogP contribution in [0.25, 0.3) is 5.69 Å². The predicted octanol–water partition coefficient (Wildman–Crippen LogP) is 3.85. The summed E-state index contributed by atoms with van der Waals surface area (Å²) in [5, 5.41) is 16.6. The number of hydrogen-bond donors (Lipinski definition) is 3. The van der Waals surface area contributed by atoms with Crippen LogP contribution in [-0.4, -0.2) is 39.2 Å². The average Bonchev–Trinajstić information content (AvgIpc) is 3.17. The van der Waals surface area contributed by atoms with Crippen molar-refractivity contribution in [3.63, 3.8) is 0 Å². The first kappa shape index (κ1) is 24.1. The Balaban J connectivity index is 1.64. The molecule has 4 N–H and O–H groups in total. The van der Waals surface area contributed by atoms with Crippen LogP contribution >= 0.6 is 0 Å². The summed E-state index contributed by atoms with van der Waals surface area (Å²) >= 11 is 0. The normalized spacial score (nSPS) is 12.1. The van der Waals surface area contributed by atoms with Gasteiger partial charge in [0.05, 0.1) is 17.4 Å². The molecular formula is C25H29FN4O3. The number of benzene rings is 2. The molecule has 0 bridgehead atoms. The summed E-state index contributed by atoms with van der Waals surface area (Å²) in [7, 11) is 0. The monoisotopic (exact) mass is 452 g/mol. The molecule has 0 fully saturated rings. The number of rotatable bonds is 11. The molecule has 1 heterocycles. The third kappa shape index (κ3) is 6.26. The number of nitrogens with zero attached hydrogens (tertiary/aromatic N) is 2. The van der Waals surface area contributed by atoms with Crippen LogP contribution < -0.4 is 11.1 Å². The molecule has 3 rings (SSSR count). The van der Waals surface area contributed by atoms with Crippen LogP contribution in [-0.2, 0) is 11.2 Å². The molecule has 7 nitrogen and oxygen atoms in total. The molecule has 1 aromatic heterocycles. The number of nitrogens with two attached hydrogens (primary N) is 1. The van der Waals surface area contributed by atoms with Gasteiger partial charge in [-0.1, -0.05) is 32.0 Å². The summed E-state index contributed by atoms with van der Waals surface area (Å²) in [5.41, 5.74) is 8.47. The summed E-state index contributed by atoms with van der Waals surface area (Å²) < 4.78 is 14.6. The molecule has 0 spiro atoms. The number of carbonyl (C=O) groups is 2. The Labute approximate surface area is 192 Å². The molecule has 0 aliphatic heterocycles. The number of carboxylic acids is 1. The van der Waals surface area contributed by atoms with Gasteiger partial charge >= 0.3 is 5.97 Å². The van der Waals surface area contributed by atoms with E-state index in [1.54, 1.807) is 6.07 Å². The number of halogens is 1. The number of nitrogen functional groups attached to an aromatic ring is 1. The summed E-state index contributed by atoms with van der Waals surface area (Å²) in [6, 6.07) is 12.4. The van der Waals surface area contributed by atoms with Crippen molar-refractivity contribution in [1.82, 2.24) is 15.1 Å². The van der Waals surface area contributed by atoms with Crippen LogP contribution in [0.3, 0.4) is 0 Å². The van der Waals surface area contributed by atoms with Gasteiger partial charge in [-0.05, 0) is 67.6 Å². The molecule has 2 aromatic carbocycles. The number of anilines is 1. The van der Waals surface area contributed by atoms with Crippen molar-refractivity contribution >= 4 is 17.6 Å². The minimum absolute atomic E-state index is 0.186. The van der Waals surface area contributed by atoms with Crippen LogP contribution in [0.5, 0.6) is 0 Å². The van der Waals surface area contributed by atoms with E-state index in [2.05, 4.69) is 10.4 Å². The van der Waals surface area contributed by atoms with E-state index < -0.39 is 12.0 Å². The minimum Gasteiger partial charge on any atom is -0.480 e. The highest BCUT2D eigenvalue weighted by Gasteiger charge is 2.19. The zero-order chi connectivity index (χ0) is 24.0. The van der Waals surface area contributed by atoms with E-state index in [0.717, 1.165) is 12.0 Å². The summed E-state index contributed by atoms with van der Waals surface area (Å²) in [6.07, 6.45) is 3.43. The summed E-state index contributed by atoms with van der Waals surface area (Å²) in [4.78, 5) is 24.4. The second kappa shape index (κ2) is 10.9. The SMILES string of the molecule is CC(C)C[C@H](NCCCc1cccc(C(=O)c2cnn(-c3ccc(F)cc3)c2N)c1)C(=O)O. The quantitative estimate of drug-likeness (QED) is 0.301. The Morgan fingerprint density at radius 3 is 2.58 bits per heavy atom. The number of aromatic nitrogens is 2. The molecule has 0 amide bonds. The van der Waals surface area contributed by atoms with Crippen molar-refractivity contribution in [3.05, 3.63) is 77.2 Å². The fraction of sp³-hybridized carbons (Fsp3) is 0.320. The van der Waals surface area contributed by atoms with Crippen molar-refractivity contribution in [2.24, 2.45) is 5.92 Å². The highest BCUT2D eigenvalue weighted by molar-refractivity contribution is 6.11. The van der Waals surface area contributed by atoms with E-state index in [1.165, 1.54) is 35.1 Å². The Bertz CT molecular complexity index is 1110. The van der Waals surface area contributed by atoms with Crippen molar-refractivity contribution in [1.29, 1.82) is 0 Å². The predicted molar refractivity (Wildman–Crippen MR) is 125 cm³/mol. The lowest BCUT2D eigenvalue weighted by molar-refractivity contribution is -0.139. The first-order valence-corrected chi connectivity index (χ1v) is 11.0. The average molecular weight is 453 g/mol. The molecule has 33 heavy (non-hydrogen) atoms. The Hall–Kier alpha value is -3.52. The van der Waals surface area contributed by atoms with Crippen molar-refractivity contribution in [3.8, 4) is 5.69 Å². The van der Waals surface area contributed by atoms with E-state index in [4.69, 9.17) is 5.73 Å². The molecule has 8 heteroatoms. The fourth-order valence-corrected chi connectivity index (χ4v) is 3.66. The first-order chi connectivity index (χ1) is 15.8. The van der Waals surface area contributed by atoms with Crippen LogP contribution in [0.15, 0.2) is 54.7 Å². The number of ketones is 1. The van der Waals surface area contributed by atoms with Gasteiger partial charge in [-0.15, -0.1) is 0 Å². The van der Waals surface area contributed by atoms with E-state index in [1.807, 2.05) is 32.0 Å². The highest BCUT2D eigenvalue weighted by atomic mass is 19.1. The number of hydrogen-bond acceptors (Lipinski definition) is 5. The van der Waals surface area contributed by atoms with E-state index in [0.29, 0.717) is 36.6 Å². The molecule has 0 saturated carbocycles. The zero-order valence-corrected chi connectivity index (χ0v) is 18.8. The van der Waals surface area contributed by atoms with E-state index >= 15 is 0 Å². The zero-order valence-electron chi connectivity index (χ0n) is 18.8. The maximum Gasteiger partial charge on any atom is 0.320 e. The maximum atomic E-state index is 13.2. The Morgan fingerprint density at radius 2 is 1.91 bits per heavy atom. The molecule has 3 aromatic rings. The van der Waals surface area contributed by atoms with E-state index in [9.17, 15) is 19.1 Å². The molecule has 174 valence electrons. The highest BCUT2D eigenvalue weighted by Crippen LogP contribution is 2.21. The molecule has 0 aliphatic carbocycles. The van der Waals surface area contributed by atoms with Crippen LogP contribution in [0.4, 0.5) is 10.2 Å². The van der Waals surface area contributed by atoms with Crippen LogP contribution in [0, 0.1) is 11.7 Å². The first-order valence-electron chi connectivity index (χ1n) is 11.0. The molecule has 0 saturated heterocycles. The summed E-state index contributed by atoms with van der Waals surface area (Å²) in [5.74, 6) is -0.975. The van der Waals surface area contributed by atoms with Gasteiger partial charge < -0.3 is 16.2 Å². The maximum absolute atomic E-state index is 13.2. The lowest BCUT2D eigenvalue weighted by atomic mass is 10.0. The van der Waals surface area contributed by atoms with Crippen molar-refractivity contribution in [2.75, 3.05) is 12.3 Å². The van der Waals surface area contributed by atoms with Gasteiger partial charge in [0.15, 0.2) is 5.78 Å². The van der Waals surface area contributed by atoms with Gasteiger partial charge in [0, 0.05) is 5.56 Å². The number of carbonyl (C=O) groups excluding carboxylic acids is 1. The number of carboxylic acid groups (broad SMARTS) is 1. The number of nitrogens with one attached hydrogen (secondary N) is 1. The van der Waals surface area contributed by atoms with Gasteiger partial charge in [-0.25, -0.2) is 9.07 Å². The van der Waals surface area contributed by atoms with Gasteiger partial charge in [0.25, 0.3) is 0 Å². The van der Waals surface area contributed by atoms with Gasteiger partial charge in [0.1, 0.15) is 17.7 Å². The van der Waals surface area contributed by atoms with Crippen LogP contribution in [0.2, 0.25) is 0 Å². The second-order valence-corrected chi connectivity index (χ2v) is 8.44. The second-order valence-electron chi connectivity index (χ2n) is 8.44. The minimum atomic E-state index is -0.838.